The predicted octanol–water partition coefficient (Wildman–Crippen LogP) is 2.46. The fraction of sp³-hybridized carbons (Fsp3) is 0.545. The molecule has 0 amide bonds. The van der Waals surface area contributed by atoms with Crippen LogP contribution in [0.25, 0.3) is 0 Å². The zero-order valence-corrected chi connectivity index (χ0v) is 8.19. The molecule has 0 aliphatic carbocycles. The van der Waals surface area contributed by atoms with Crippen LogP contribution in [0.3, 0.4) is 0 Å². The monoisotopic (exact) mass is 180 g/mol. The molecule has 0 saturated carbocycles. The first-order valence-corrected chi connectivity index (χ1v) is 4.74. The largest absolute Gasteiger partial charge is 0.460 e. The van der Waals surface area contributed by atoms with Crippen molar-refractivity contribution in [3.05, 3.63) is 24.3 Å². The van der Waals surface area contributed by atoms with E-state index in [-0.39, 0.29) is 12.1 Å². The highest BCUT2D eigenvalue weighted by Gasteiger charge is 2.08. The minimum Gasteiger partial charge on any atom is -0.460 e. The van der Waals surface area contributed by atoms with Crippen molar-refractivity contribution in [2.45, 2.75) is 32.8 Å². The highest BCUT2D eigenvalue weighted by Crippen LogP contribution is 2.12. The Bertz CT molecular complexity index is 228. The van der Waals surface area contributed by atoms with E-state index in [1.807, 2.05) is 13.0 Å². The maximum absolute atomic E-state index is 11.0. The zero-order chi connectivity index (χ0) is 9.68. The smallest absolute Gasteiger partial charge is 0.331 e. The molecule has 0 N–H and O–H groups in total. The van der Waals surface area contributed by atoms with Crippen molar-refractivity contribution in [2.75, 3.05) is 0 Å². The van der Waals surface area contributed by atoms with Gasteiger partial charge in [-0.3, -0.25) is 0 Å². The Labute approximate surface area is 79.3 Å². The van der Waals surface area contributed by atoms with Gasteiger partial charge in [-0.25, -0.2) is 4.79 Å². The van der Waals surface area contributed by atoms with E-state index in [1.165, 1.54) is 6.08 Å². The van der Waals surface area contributed by atoms with Crippen LogP contribution in [-0.2, 0) is 9.53 Å². The van der Waals surface area contributed by atoms with Gasteiger partial charge in [0.25, 0.3) is 0 Å². The lowest BCUT2D eigenvalue weighted by molar-refractivity contribution is -0.142. The third kappa shape index (κ3) is 3.92. The van der Waals surface area contributed by atoms with Crippen molar-refractivity contribution in [1.29, 1.82) is 0 Å². The van der Waals surface area contributed by atoms with E-state index in [9.17, 15) is 4.79 Å². The number of carbonyl (C=O) groups excluding carboxylic acids is 1. The van der Waals surface area contributed by atoms with E-state index in [4.69, 9.17) is 4.74 Å². The number of esters is 1. The summed E-state index contributed by atoms with van der Waals surface area (Å²) in [6.07, 6.45) is 9.25. The number of cyclic esters (lactones) is 1. The van der Waals surface area contributed by atoms with Crippen LogP contribution >= 0.6 is 0 Å². The van der Waals surface area contributed by atoms with Crippen molar-refractivity contribution in [3.8, 4) is 0 Å². The molecular formula is C11H16O2. The van der Waals surface area contributed by atoms with Crippen LogP contribution in [0.5, 0.6) is 0 Å². The van der Waals surface area contributed by atoms with Gasteiger partial charge >= 0.3 is 5.97 Å². The average Bonchev–Trinajstić information content (AvgIpc) is 2.08. The van der Waals surface area contributed by atoms with Crippen LogP contribution in [0.1, 0.15) is 26.7 Å². The van der Waals surface area contributed by atoms with Gasteiger partial charge in [-0.2, -0.15) is 0 Å². The van der Waals surface area contributed by atoms with Crippen molar-refractivity contribution in [3.63, 3.8) is 0 Å². The van der Waals surface area contributed by atoms with Gasteiger partial charge < -0.3 is 4.74 Å². The number of allylic oxidation sites excluding steroid dienone is 3. The fourth-order valence-corrected chi connectivity index (χ4v) is 1.28. The van der Waals surface area contributed by atoms with E-state index >= 15 is 0 Å². The summed E-state index contributed by atoms with van der Waals surface area (Å²) in [5.41, 5.74) is 0. The molecule has 0 saturated heterocycles. The average molecular weight is 180 g/mol. The van der Waals surface area contributed by atoms with Crippen molar-refractivity contribution in [1.82, 2.24) is 0 Å². The number of hydrogen-bond donors (Lipinski definition) is 0. The van der Waals surface area contributed by atoms with Crippen LogP contribution in [-0.4, -0.2) is 12.1 Å². The highest BCUT2D eigenvalue weighted by molar-refractivity contribution is 5.82. The first kappa shape index (κ1) is 10.0. The summed E-state index contributed by atoms with van der Waals surface area (Å²) in [4.78, 5) is 11.0. The maximum Gasteiger partial charge on any atom is 0.331 e. The lowest BCUT2D eigenvalue weighted by Crippen LogP contribution is -2.14. The summed E-state index contributed by atoms with van der Waals surface area (Å²) in [7, 11) is 0. The van der Waals surface area contributed by atoms with Gasteiger partial charge in [0.2, 0.25) is 0 Å². The lowest BCUT2D eigenvalue weighted by Gasteiger charge is -2.14. The number of ether oxygens (including phenoxy) is 1. The molecule has 13 heavy (non-hydrogen) atoms. The molecule has 1 heterocycles. The molecule has 1 rings (SSSR count). The molecule has 0 bridgehead atoms. The molecule has 0 fully saturated rings. The van der Waals surface area contributed by atoms with Crippen LogP contribution in [0.15, 0.2) is 24.3 Å². The summed E-state index contributed by atoms with van der Waals surface area (Å²) in [5.74, 6) is 0.315. The first-order valence-electron chi connectivity index (χ1n) is 4.74. The van der Waals surface area contributed by atoms with Gasteiger partial charge in [0.1, 0.15) is 0 Å². The van der Waals surface area contributed by atoms with Crippen molar-refractivity contribution >= 4 is 5.97 Å². The fourth-order valence-electron chi connectivity index (χ4n) is 1.28. The normalized spacial score (nSPS) is 29.8. The van der Waals surface area contributed by atoms with Gasteiger partial charge in [0.15, 0.2) is 0 Å². The SMILES string of the molecule is CC1C=CC=CC(=O)OC(C)CC1. The van der Waals surface area contributed by atoms with E-state index in [1.54, 1.807) is 6.08 Å². The molecule has 2 nitrogen and oxygen atoms in total. The molecule has 1 aliphatic heterocycles. The van der Waals surface area contributed by atoms with Gasteiger partial charge in [0.05, 0.1) is 6.10 Å². The molecule has 0 aromatic rings. The third-order valence-corrected chi connectivity index (χ3v) is 2.13. The molecule has 1 aliphatic rings. The van der Waals surface area contributed by atoms with Crippen molar-refractivity contribution in [2.24, 2.45) is 5.92 Å². The second-order valence-corrected chi connectivity index (χ2v) is 3.55. The highest BCUT2D eigenvalue weighted by atomic mass is 16.5. The minimum absolute atomic E-state index is 0.0334. The van der Waals surface area contributed by atoms with E-state index in [2.05, 4.69) is 13.0 Å². The van der Waals surface area contributed by atoms with Gasteiger partial charge in [0, 0.05) is 6.08 Å². The Morgan fingerprint density at radius 2 is 2.08 bits per heavy atom. The third-order valence-electron chi connectivity index (χ3n) is 2.13. The first-order chi connectivity index (χ1) is 6.18. The Morgan fingerprint density at radius 3 is 2.85 bits per heavy atom. The maximum atomic E-state index is 11.0. The summed E-state index contributed by atoms with van der Waals surface area (Å²) < 4.78 is 5.12. The number of hydrogen-bond acceptors (Lipinski definition) is 2. The van der Waals surface area contributed by atoms with E-state index in [0.29, 0.717) is 5.92 Å². The van der Waals surface area contributed by atoms with Crippen LogP contribution < -0.4 is 0 Å². The zero-order valence-electron chi connectivity index (χ0n) is 8.19. The van der Waals surface area contributed by atoms with E-state index < -0.39 is 0 Å². The van der Waals surface area contributed by atoms with Crippen LogP contribution in [0.2, 0.25) is 0 Å². The van der Waals surface area contributed by atoms with Crippen molar-refractivity contribution < 1.29 is 9.53 Å². The van der Waals surface area contributed by atoms with Crippen LogP contribution in [0.4, 0.5) is 0 Å². The second-order valence-electron chi connectivity index (χ2n) is 3.55. The van der Waals surface area contributed by atoms with Gasteiger partial charge in [-0.15, -0.1) is 0 Å². The molecule has 0 radical (unpaired) electrons. The molecule has 0 aromatic heterocycles. The lowest BCUT2D eigenvalue weighted by atomic mass is 10.0. The van der Waals surface area contributed by atoms with Gasteiger partial charge in [-0.1, -0.05) is 25.2 Å². The number of rotatable bonds is 0. The van der Waals surface area contributed by atoms with E-state index in [0.717, 1.165) is 12.8 Å². The Hall–Kier alpha value is -1.05. The number of carbonyl (C=O) groups is 1. The molecule has 2 unspecified atom stereocenters. The minimum atomic E-state index is -0.244. The summed E-state index contributed by atoms with van der Waals surface area (Å²) >= 11 is 0. The molecule has 2 atom stereocenters. The Balaban J connectivity index is 2.62. The molecule has 0 aromatic carbocycles. The van der Waals surface area contributed by atoms with Gasteiger partial charge in [-0.05, 0) is 25.7 Å². The molecule has 2 heteroatoms. The summed E-state index contributed by atoms with van der Waals surface area (Å²) in [6.45, 7) is 4.10. The molecule has 72 valence electrons. The van der Waals surface area contributed by atoms with Crippen LogP contribution in [0, 0.1) is 5.92 Å². The topological polar surface area (TPSA) is 26.3 Å². The Morgan fingerprint density at radius 1 is 1.31 bits per heavy atom. The Kier molecular flexibility index (Phi) is 3.74. The quantitative estimate of drug-likeness (QED) is 0.535. The molecular weight excluding hydrogens is 164 g/mol. The summed E-state index contributed by atoms with van der Waals surface area (Å²) in [6, 6.07) is 0. The standard InChI is InChI=1S/C11H16O2/c1-9-5-3-4-6-11(12)13-10(2)8-7-9/h3-6,9-10H,7-8H2,1-2H3. The summed E-state index contributed by atoms with van der Waals surface area (Å²) in [5, 5.41) is 0. The molecule has 0 spiro atoms. The second kappa shape index (κ2) is 4.85. The predicted molar refractivity (Wildman–Crippen MR) is 52.2 cm³/mol.